The van der Waals surface area contributed by atoms with Crippen molar-refractivity contribution in [1.29, 1.82) is 5.26 Å². The van der Waals surface area contributed by atoms with E-state index >= 15 is 0 Å². The number of thiophene rings is 1. The molecule has 2 atom stereocenters. The molecule has 1 aliphatic carbocycles. The first-order valence-electron chi connectivity index (χ1n) is 12.2. The van der Waals surface area contributed by atoms with Gasteiger partial charge in [0.05, 0.1) is 19.3 Å². The van der Waals surface area contributed by atoms with E-state index in [4.69, 9.17) is 9.47 Å². The lowest BCUT2D eigenvalue weighted by molar-refractivity contribution is -0.116. The van der Waals surface area contributed by atoms with Gasteiger partial charge in [-0.15, -0.1) is 11.3 Å². The number of hydrogen-bond acceptors (Lipinski definition) is 7. The monoisotopic (exact) mass is 518 g/mol. The number of alkyl carbamates (subject to hydrolysis) is 1. The van der Waals surface area contributed by atoms with Crippen molar-refractivity contribution < 1.29 is 19.1 Å². The number of nitrogens with one attached hydrogen (secondary N) is 2. The molecule has 0 aliphatic heterocycles. The number of ether oxygens (including phenoxy) is 2. The summed E-state index contributed by atoms with van der Waals surface area (Å²) in [6.45, 7) is 2.66. The standard InChI is InChI=1S/C28H30N4O4S/c1-18(21-6-3-7-22(13-21)35-2)11-26(33)32-27-24(14-29)23-9-8-19(12-25(23)37-27)17-36-28(34)31-16-20-5-4-10-30-15-20/h3-7,10,13,15,18-19H,8-9,11-12,16-17H2,1-2H3,(H,31,34)(H,32,33). The van der Waals surface area contributed by atoms with Crippen LogP contribution in [0.3, 0.4) is 0 Å². The minimum Gasteiger partial charge on any atom is -0.497 e. The summed E-state index contributed by atoms with van der Waals surface area (Å²) >= 11 is 1.45. The van der Waals surface area contributed by atoms with Gasteiger partial charge in [0.2, 0.25) is 5.91 Å². The topological polar surface area (TPSA) is 113 Å². The van der Waals surface area contributed by atoms with Crippen LogP contribution in [0, 0.1) is 17.2 Å². The van der Waals surface area contributed by atoms with Crippen LogP contribution in [-0.4, -0.2) is 30.7 Å². The molecule has 3 aromatic rings. The minimum atomic E-state index is -0.461. The van der Waals surface area contributed by atoms with Gasteiger partial charge in [-0.3, -0.25) is 9.78 Å². The number of aromatic nitrogens is 1. The van der Waals surface area contributed by atoms with Gasteiger partial charge in [0, 0.05) is 30.2 Å². The van der Waals surface area contributed by atoms with Gasteiger partial charge in [-0.1, -0.05) is 25.1 Å². The molecule has 1 aromatic carbocycles. The summed E-state index contributed by atoms with van der Waals surface area (Å²) in [5.41, 5.74) is 3.47. The number of amides is 2. The van der Waals surface area contributed by atoms with E-state index in [-0.39, 0.29) is 17.7 Å². The highest BCUT2D eigenvalue weighted by molar-refractivity contribution is 7.16. The first-order valence-corrected chi connectivity index (χ1v) is 13.1. The lowest BCUT2D eigenvalue weighted by Crippen LogP contribution is -2.27. The van der Waals surface area contributed by atoms with Gasteiger partial charge in [0.25, 0.3) is 0 Å². The van der Waals surface area contributed by atoms with Gasteiger partial charge in [-0.2, -0.15) is 5.26 Å². The lowest BCUT2D eigenvalue weighted by atomic mass is 9.88. The SMILES string of the molecule is COc1cccc(C(C)CC(=O)Nc2sc3c(c2C#N)CCC(COC(=O)NCc2cccnc2)C3)c1. The number of rotatable bonds is 9. The van der Waals surface area contributed by atoms with Gasteiger partial charge < -0.3 is 20.1 Å². The Morgan fingerprint density at radius 1 is 1.30 bits per heavy atom. The summed E-state index contributed by atoms with van der Waals surface area (Å²) in [4.78, 5) is 30.0. The Morgan fingerprint density at radius 2 is 2.16 bits per heavy atom. The highest BCUT2D eigenvalue weighted by atomic mass is 32.1. The molecule has 2 unspecified atom stereocenters. The molecular weight excluding hydrogens is 488 g/mol. The predicted octanol–water partition coefficient (Wildman–Crippen LogP) is 5.19. The average molecular weight is 519 g/mol. The van der Waals surface area contributed by atoms with Crippen LogP contribution in [0.5, 0.6) is 5.75 Å². The normalized spacial score (nSPS) is 15.1. The molecule has 0 radical (unpaired) electrons. The molecule has 2 amide bonds. The third-order valence-electron chi connectivity index (χ3n) is 6.50. The van der Waals surface area contributed by atoms with E-state index in [1.807, 2.05) is 43.3 Å². The smallest absolute Gasteiger partial charge is 0.407 e. The molecule has 2 aromatic heterocycles. The number of fused-ring (bicyclic) bond motifs is 1. The Bertz CT molecular complexity index is 1290. The zero-order chi connectivity index (χ0) is 26.2. The fraction of sp³-hybridized carbons (Fsp3) is 0.357. The van der Waals surface area contributed by atoms with Crippen molar-refractivity contribution in [3.63, 3.8) is 0 Å². The molecule has 0 spiro atoms. The Hall–Kier alpha value is -3.90. The number of carbonyl (C=O) groups is 2. The maximum atomic E-state index is 12.8. The van der Waals surface area contributed by atoms with Crippen molar-refractivity contribution >= 4 is 28.3 Å². The largest absolute Gasteiger partial charge is 0.497 e. The quantitative estimate of drug-likeness (QED) is 0.403. The molecule has 192 valence electrons. The number of benzene rings is 1. The third-order valence-corrected chi connectivity index (χ3v) is 7.67. The zero-order valence-corrected chi connectivity index (χ0v) is 21.8. The molecular formula is C28H30N4O4S. The Kier molecular flexibility index (Phi) is 8.75. The van der Waals surface area contributed by atoms with Crippen LogP contribution in [0.2, 0.25) is 0 Å². The van der Waals surface area contributed by atoms with E-state index in [9.17, 15) is 14.9 Å². The van der Waals surface area contributed by atoms with Gasteiger partial charge in [-0.25, -0.2) is 4.79 Å². The number of carbonyl (C=O) groups excluding carboxylic acids is 2. The number of nitrogens with zero attached hydrogens (tertiary/aromatic N) is 2. The van der Waals surface area contributed by atoms with Crippen LogP contribution in [0.25, 0.3) is 0 Å². The first kappa shape index (κ1) is 26.2. The molecule has 0 bridgehead atoms. The maximum absolute atomic E-state index is 12.8. The van der Waals surface area contributed by atoms with Gasteiger partial charge in [0.1, 0.15) is 16.8 Å². The Morgan fingerprint density at radius 3 is 2.92 bits per heavy atom. The fourth-order valence-electron chi connectivity index (χ4n) is 4.45. The van der Waals surface area contributed by atoms with Gasteiger partial charge >= 0.3 is 6.09 Å². The van der Waals surface area contributed by atoms with Crippen LogP contribution >= 0.6 is 11.3 Å². The average Bonchev–Trinajstić information content (AvgIpc) is 3.27. The van der Waals surface area contributed by atoms with Gasteiger partial charge in [0.15, 0.2) is 0 Å². The highest BCUT2D eigenvalue weighted by Crippen LogP contribution is 2.39. The minimum absolute atomic E-state index is 0.000974. The second kappa shape index (κ2) is 12.4. The molecule has 0 fully saturated rings. The summed E-state index contributed by atoms with van der Waals surface area (Å²) < 4.78 is 10.7. The van der Waals surface area contributed by atoms with Crippen molar-refractivity contribution in [3.05, 3.63) is 75.9 Å². The fourth-order valence-corrected chi connectivity index (χ4v) is 5.77. The molecule has 37 heavy (non-hydrogen) atoms. The van der Waals surface area contributed by atoms with Crippen molar-refractivity contribution in [1.82, 2.24) is 10.3 Å². The lowest BCUT2D eigenvalue weighted by Gasteiger charge is -2.21. The van der Waals surface area contributed by atoms with E-state index in [0.717, 1.165) is 40.2 Å². The molecule has 1 aliphatic rings. The van der Waals surface area contributed by atoms with Crippen molar-refractivity contribution in [2.75, 3.05) is 19.0 Å². The molecule has 2 heterocycles. The van der Waals surface area contributed by atoms with E-state index in [1.54, 1.807) is 19.5 Å². The second-order valence-electron chi connectivity index (χ2n) is 9.17. The van der Waals surface area contributed by atoms with Crippen LogP contribution in [0.1, 0.15) is 52.8 Å². The van der Waals surface area contributed by atoms with Crippen molar-refractivity contribution in [3.8, 4) is 11.8 Å². The van der Waals surface area contributed by atoms with E-state index in [1.165, 1.54) is 11.3 Å². The second-order valence-corrected chi connectivity index (χ2v) is 10.3. The molecule has 0 saturated heterocycles. The van der Waals surface area contributed by atoms with Crippen LogP contribution < -0.4 is 15.4 Å². The number of hydrogen-bond donors (Lipinski definition) is 2. The molecule has 2 N–H and O–H groups in total. The summed E-state index contributed by atoms with van der Waals surface area (Å²) in [6, 6.07) is 13.7. The van der Waals surface area contributed by atoms with Crippen molar-refractivity contribution in [2.24, 2.45) is 5.92 Å². The summed E-state index contributed by atoms with van der Waals surface area (Å²) in [5.74, 6) is 0.794. The van der Waals surface area contributed by atoms with Crippen LogP contribution in [0.4, 0.5) is 9.80 Å². The molecule has 4 rings (SSSR count). The van der Waals surface area contributed by atoms with Crippen LogP contribution in [-0.2, 0) is 28.9 Å². The summed E-state index contributed by atoms with van der Waals surface area (Å²) in [7, 11) is 1.62. The molecule has 9 heteroatoms. The maximum Gasteiger partial charge on any atom is 0.407 e. The number of nitriles is 1. The van der Waals surface area contributed by atoms with E-state index in [2.05, 4.69) is 21.7 Å². The highest BCUT2D eigenvalue weighted by Gasteiger charge is 2.27. The first-order chi connectivity index (χ1) is 18.0. The zero-order valence-electron chi connectivity index (χ0n) is 21.0. The third kappa shape index (κ3) is 6.86. The Balaban J connectivity index is 1.31. The summed E-state index contributed by atoms with van der Waals surface area (Å²) in [6.07, 6.45) is 5.46. The van der Waals surface area contributed by atoms with E-state index < -0.39 is 6.09 Å². The van der Waals surface area contributed by atoms with Gasteiger partial charge in [-0.05, 0) is 66.0 Å². The number of methoxy groups -OCH3 is 1. The summed E-state index contributed by atoms with van der Waals surface area (Å²) in [5, 5.41) is 16.1. The molecule has 8 nitrogen and oxygen atoms in total. The Labute approximate surface area is 220 Å². The number of anilines is 1. The number of pyridine rings is 1. The molecule has 0 saturated carbocycles. The van der Waals surface area contributed by atoms with Crippen molar-refractivity contribution in [2.45, 2.75) is 45.1 Å². The van der Waals surface area contributed by atoms with Crippen LogP contribution in [0.15, 0.2) is 48.8 Å². The predicted molar refractivity (Wildman–Crippen MR) is 142 cm³/mol. The van der Waals surface area contributed by atoms with E-state index in [0.29, 0.717) is 36.6 Å².